The van der Waals surface area contributed by atoms with Gasteiger partial charge in [0, 0.05) is 17.7 Å². The van der Waals surface area contributed by atoms with Crippen molar-refractivity contribution >= 4 is 23.6 Å². The molecule has 4 aromatic rings. The Morgan fingerprint density at radius 3 is 2.69 bits per heavy atom. The van der Waals surface area contributed by atoms with Crippen molar-refractivity contribution in [3.63, 3.8) is 0 Å². The highest BCUT2D eigenvalue weighted by molar-refractivity contribution is 5.98. The van der Waals surface area contributed by atoms with Crippen molar-refractivity contribution in [1.29, 1.82) is 0 Å². The van der Waals surface area contributed by atoms with E-state index in [0.29, 0.717) is 11.1 Å². The highest BCUT2D eigenvalue weighted by Gasteiger charge is 2.25. The van der Waals surface area contributed by atoms with Gasteiger partial charge in [0.25, 0.3) is 11.6 Å². The quantitative estimate of drug-likeness (QED) is 0.258. The van der Waals surface area contributed by atoms with Gasteiger partial charge < -0.3 is 5.73 Å². The van der Waals surface area contributed by atoms with Crippen molar-refractivity contribution in [2.24, 2.45) is 5.10 Å². The molecule has 0 atom stereocenters. The van der Waals surface area contributed by atoms with E-state index in [-0.39, 0.29) is 28.7 Å². The van der Waals surface area contributed by atoms with Crippen LogP contribution in [0.1, 0.15) is 16.1 Å². The van der Waals surface area contributed by atoms with E-state index in [1.165, 1.54) is 48.7 Å². The molecule has 14 heteroatoms. The molecule has 0 radical (unpaired) electrons. The largest absolute Gasteiger partial charge is 0.378 e. The number of rotatable bonds is 6. The monoisotopic (exact) mass is 437 g/mol. The third-order valence-corrected chi connectivity index (χ3v) is 4.16. The van der Waals surface area contributed by atoms with E-state index in [0.717, 1.165) is 4.68 Å². The number of carbonyl (C=O) groups is 1. The van der Waals surface area contributed by atoms with Crippen molar-refractivity contribution < 1.29 is 18.7 Å². The summed E-state index contributed by atoms with van der Waals surface area (Å²) in [6.45, 7) is 0. The van der Waals surface area contributed by atoms with Crippen LogP contribution in [0.25, 0.3) is 17.1 Å². The lowest BCUT2D eigenvalue weighted by Gasteiger charge is -2.05. The van der Waals surface area contributed by atoms with E-state index in [2.05, 4.69) is 35.8 Å². The Morgan fingerprint density at radius 2 is 2.03 bits per heavy atom. The molecule has 0 bridgehead atoms. The Labute approximate surface area is 177 Å². The highest BCUT2D eigenvalue weighted by Crippen LogP contribution is 2.28. The molecule has 32 heavy (non-hydrogen) atoms. The Bertz CT molecular complexity index is 1330. The van der Waals surface area contributed by atoms with Crippen molar-refractivity contribution in [2.75, 3.05) is 5.73 Å². The number of non-ortho nitro benzene ring substituents is 1. The number of aromatic nitrogens is 5. The summed E-state index contributed by atoms with van der Waals surface area (Å²) in [5.74, 6) is -1.36. The lowest BCUT2D eigenvalue weighted by molar-refractivity contribution is -0.384. The Morgan fingerprint density at radius 1 is 1.25 bits per heavy atom. The van der Waals surface area contributed by atoms with Gasteiger partial charge in [-0.2, -0.15) is 9.78 Å². The maximum Gasteiger partial charge on any atom is 0.294 e. The first-order valence-corrected chi connectivity index (χ1v) is 8.82. The van der Waals surface area contributed by atoms with Crippen molar-refractivity contribution in [3.8, 4) is 17.1 Å². The summed E-state index contributed by atoms with van der Waals surface area (Å²) in [5.41, 5.74) is 8.55. The number of hydrogen-bond acceptors (Lipinski definition) is 10. The fraction of sp³-hybridized carbons (Fsp3) is 0. The van der Waals surface area contributed by atoms with E-state index in [4.69, 9.17) is 5.73 Å². The molecular formula is C18H12FN9O4. The third-order valence-electron chi connectivity index (χ3n) is 4.16. The minimum absolute atomic E-state index is 0.0341. The number of amides is 1. The molecule has 160 valence electrons. The molecule has 0 spiro atoms. The average molecular weight is 437 g/mol. The van der Waals surface area contributed by atoms with Crippen LogP contribution in [0.2, 0.25) is 0 Å². The molecule has 2 aromatic carbocycles. The molecule has 13 nitrogen and oxygen atoms in total. The summed E-state index contributed by atoms with van der Waals surface area (Å²) < 4.78 is 19.0. The number of nitrogens with zero attached hydrogens (tertiary/aromatic N) is 7. The summed E-state index contributed by atoms with van der Waals surface area (Å²) >= 11 is 0. The van der Waals surface area contributed by atoms with Crippen LogP contribution in [0.3, 0.4) is 0 Å². The SMILES string of the molecule is Nc1nonc1-n1nnc(C(=O)N/N=C\c2cccc(F)c2)c1-c1ccc([N+](=O)[O-])cc1. The predicted molar refractivity (Wildman–Crippen MR) is 107 cm³/mol. The summed E-state index contributed by atoms with van der Waals surface area (Å²) in [6, 6.07) is 10.9. The van der Waals surface area contributed by atoms with Gasteiger partial charge in [-0.15, -0.1) is 5.10 Å². The van der Waals surface area contributed by atoms with Crippen molar-refractivity contribution in [2.45, 2.75) is 0 Å². The average Bonchev–Trinajstić information content (AvgIpc) is 3.39. The van der Waals surface area contributed by atoms with Gasteiger partial charge in [-0.25, -0.2) is 14.4 Å². The number of hydrazone groups is 1. The zero-order valence-electron chi connectivity index (χ0n) is 15.9. The standard InChI is InChI=1S/C18H12FN9O4/c19-12-3-1-2-10(8-12)9-21-23-18(29)14-15(11-4-6-13(7-5-11)28(30)31)27(26-22-14)17-16(20)24-32-25-17/h1-9H,(H2,20,24)(H,23,29)/b21-9-. The van der Waals surface area contributed by atoms with E-state index < -0.39 is 16.6 Å². The second-order valence-corrected chi connectivity index (χ2v) is 6.23. The Hall–Kier alpha value is -5.01. The lowest BCUT2D eigenvalue weighted by atomic mass is 10.1. The molecule has 0 saturated carbocycles. The fourth-order valence-electron chi connectivity index (χ4n) is 2.73. The third kappa shape index (κ3) is 4.00. The van der Waals surface area contributed by atoms with E-state index in [9.17, 15) is 19.3 Å². The second-order valence-electron chi connectivity index (χ2n) is 6.23. The molecule has 4 rings (SSSR count). The van der Waals surface area contributed by atoms with Gasteiger partial charge in [0.15, 0.2) is 5.69 Å². The van der Waals surface area contributed by atoms with Crippen LogP contribution in [0.15, 0.2) is 58.3 Å². The summed E-state index contributed by atoms with van der Waals surface area (Å²) in [6.07, 6.45) is 1.25. The molecule has 2 heterocycles. The van der Waals surface area contributed by atoms with Gasteiger partial charge in [-0.1, -0.05) is 17.3 Å². The van der Waals surface area contributed by atoms with Gasteiger partial charge in [0.2, 0.25) is 11.6 Å². The first-order valence-electron chi connectivity index (χ1n) is 8.82. The normalized spacial score (nSPS) is 11.0. The molecule has 0 saturated heterocycles. The lowest BCUT2D eigenvalue weighted by Crippen LogP contribution is -2.19. The number of anilines is 1. The molecule has 0 aliphatic rings. The molecule has 0 aliphatic carbocycles. The van der Waals surface area contributed by atoms with E-state index >= 15 is 0 Å². The fourth-order valence-corrected chi connectivity index (χ4v) is 2.73. The van der Waals surface area contributed by atoms with Crippen LogP contribution in [0, 0.1) is 15.9 Å². The smallest absolute Gasteiger partial charge is 0.294 e. The zero-order valence-corrected chi connectivity index (χ0v) is 15.9. The first kappa shape index (κ1) is 20.3. The Balaban J connectivity index is 1.70. The van der Waals surface area contributed by atoms with Crippen LogP contribution >= 0.6 is 0 Å². The van der Waals surface area contributed by atoms with Crippen LogP contribution in [-0.4, -0.2) is 42.4 Å². The minimum atomic E-state index is -0.757. The topological polar surface area (TPSA) is 180 Å². The molecule has 0 fully saturated rings. The Kier molecular flexibility index (Phi) is 5.31. The van der Waals surface area contributed by atoms with Crippen molar-refractivity contribution in [1.82, 2.24) is 30.7 Å². The molecule has 3 N–H and O–H groups in total. The van der Waals surface area contributed by atoms with Crippen LogP contribution < -0.4 is 11.2 Å². The van der Waals surface area contributed by atoms with E-state index in [1.807, 2.05) is 0 Å². The number of nitrogen functional groups attached to an aromatic ring is 1. The number of nitro benzene ring substituents is 1. The maximum atomic E-state index is 13.3. The van der Waals surface area contributed by atoms with Crippen LogP contribution in [0.5, 0.6) is 0 Å². The summed E-state index contributed by atoms with van der Waals surface area (Å²) in [4.78, 5) is 23.1. The van der Waals surface area contributed by atoms with Crippen molar-refractivity contribution in [3.05, 3.63) is 75.7 Å². The molecule has 0 aliphatic heterocycles. The second kappa shape index (κ2) is 8.39. The number of benzene rings is 2. The molecule has 2 aromatic heterocycles. The van der Waals surface area contributed by atoms with Crippen LogP contribution in [-0.2, 0) is 0 Å². The molecule has 0 unspecified atom stereocenters. The van der Waals surface area contributed by atoms with Gasteiger partial charge in [-0.3, -0.25) is 14.9 Å². The first-order chi connectivity index (χ1) is 15.4. The minimum Gasteiger partial charge on any atom is -0.378 e. The number of nitro groups is 1. The van der Waals surface area contributed by atoms with Gasteiger partial charge in [0.05, 0.1) is 11.1 Å². The summed E-state index contributed by atoms with van der Waals surface area (Å²) in [7, 11) is 0. The predicted octanol–water partition coefficient (Wildman–Crippen LogP) is 1.71. The maximum absolute atomic E-state index is 13.3. The number of hydrogen-bond donors (Lipinski definition) is 2. The van der Waals surface area contributed by atoms with Crippen LogP contribution in [0.4, 0.5) is 15.9 Å². The number of halogens is 1. The molecular weight excluding hydrogens is 425 g/mol. The highest BCUT2D eigenvalue weighted by atomic mass is 19.1. The number of nitrogens with one attached hydrogen (secondary N) is 1. The van der Waals surface area contributed by atoms with Gasteiger partial charge >= 0.3 is 0 Å². The van der Waals surface area contributed by atoms with Gasteiger partial charge in [0.1, 0.15) is 11.5 Å². The number of nitrogens with two attached hydrogens (primary N) is 1. The summed E-state index contributed by atoms with van der Waals surface area (Å²) in [5, 5.41) is 29.6. The van der Waals surface area contributed by atoms with E-state index in [1.54, 1.807) is 6.07 Å². The molecule has 1 amide bonds. The number of carbonyl (C=O) groups excluding carboxylic acids is 1. The van der Waals surface area contributed by atoms with Gasteiger partial charge in [-0.05, 0) is 40.1 Å². The zero-order chi connectivity index (χ0) is 22.7.